The number of fused-ring (bicyclic) bond motifs is 1. The second-order valence-corrected chi connectivity index (χ2v) is 10.3. The van der Waals surface area contributed by atoms with Crippen molar-refractivity contribution < 1.29 is 27.5 Å². The predicted octanol–water partition coefficient (Wildman–Crippen LogP) is 3.79. The molecule has 1 atom stereocenters. The molecule has 14 heteroatoms. The molecule has 11 nitrogen and oxygen atoms in total. The van der Waals surface area contributed by atoms with Crippen molar-refractivity contribution in [2.75, 3.05) is 23.5 Å². The number of carbonyl (C=O) groups excluding carboxylic acids is 2. The highest BCUT2D eigenvalue weighted by Crippen LogP contribution is 2.56. The van der Waals surface area contributed by atoms with Gasteiger partial charge in [-0.1, -0.05) is 6.07 Å². The number of alkyl halides is 3. The summed E-state index contributed by atoms with van der Waals surface area (Å²) in [6, 6.07) is 6.80. The Morgan fingerprint density at radius 3 is 2.70 bits per heavy atom. The van der Waals surface area contributed by atoms with Gasteiger partial charge < -0.3 is 15.0 Å². The Bertz CT molecular complexity index is 1490. The highest BCUT2D eigenvalue weighted by atomic mass is 19.4. The molecule has 6 rings (SSSR count). The molecule has 210 valence electrons. The molecule has 1 aliphatic carbocycles. The molecule has 3 aromatic heterocycles. The van der Waals surface area contributed by atoms with Gasteiger partial charge in [-0.2, -0.15) is 13.2 Å². The fourth-order valence-electron chi connectivity index (χ4n) is 5.53. The monoisotopic (exact) mass is 556 g/mol. The van der Waals surface area contributed by atoms with Gasteiger partial charge in [0, 0.05) is 18.2 Å². The number of nitrogens with one attached hydrogen (secondary N) is 1. The van der Waals surface area contributed by atoms with Crippen LogP contribution in [-0.2, 0) is 23.4 Å². The van der Waals surface area contributed by atoms with Crippen molar-refractivity contribution >= 4 is 23.6 Å². The minimum absolute atomic E-state index is 0.0178. The summed E-state index contributed by atoms with van der Waals surface area (Å²) >= 11 is 0. The smallest absolute Gasteiger partial charge is 0.412 e. The molecule has 0 bridgehead atoms. The van der Waals surface area contributed by atoms with Crippen molar-refractivity contribution in [1.29, 1.82) is 0 Å². The summed E-state index contributed by atoms with van der Waals surface area (Å²) in [5, 5.41) is 10.3. The molecule has 3 aliphatic rings. The molecule has 40 heavy (non-hydrogen) atoms. The van der Waals surface area contributed by atoms with Crippen molar-refractivity contribution in [1.82, 2.24) is 30.0 Å². The molecule has 0 unspecified atom stereocenters. The first-order valence-electron chi connectivity index (χ1n) is 13.0. The summed E-state index contributed by atoms with van der Waals surface area (Å²) in [7, 11) is 1.26. The molecule has 2 fully saturated rings. The van der Waals surface area contributed by atoms with Crippen molar-refractivity contribution in [3.8, 4) is 11.5 Å². The Hall–Kier alpha value is -4.23. The van der Waals surface area contributed by atoms with E-state index >= 15 is 0 Å². The lowest BCUT2D eigenvalue weighted by atomic mass is 10.1. The van der Waals surface area contributed by atoms with Crippen molar-refractivity contribution in [2.24, 2.45) is 0 Å². The van der Waals surface area contributed by atoms with E-state index in [0.717, 1.165) is 30.3 Å². The van der Waals surface area contributed by atoms with Crippen LogP contribution in [-0.4, -0.2) is 62.6 Å². The van der Waals surface area contributed by atoms with E-state index in [-0.39, 0.29) is 55.2 Å². The minimum atomic E-state index is -4.46. The molecule has 0 spiro atoms. The maximum atomic E-state index is 13.8. The largest absolute Gasteiger partial charge is 0.453 e. The number of nitrogens with zero attached hydrogens (tertiary/aromatic N) is 7. The number of methoxy groups -OCH3 is 1. The molecular weight excluding hydrogens is 529 g/mol. The van der Waals surface area contributed by atoms with Gasteiger partial charge in [0.1, 0.15) is 29.2 Å². The van der Waals surface area contributed by atoms with Crippen LogP contribution < -0.4 is 15.1 Å². The molecule has 3 aromatic rings. The molecule has 1 N–H and O–H groups in total. The van der Waals surface area contributed by atoms with Crippen LogP contribution >= 0.6 is 0 Å². The molecule has 1 saturated carbocycles. The van der Waals surface area contributed by atoms with Gasteiger partial charge in [0.05, 0.1) is 31.5 Å². The third-order valence-corrected chi connectivity index (χ3v) is 7.92. The van der Waals surface area contributed by atoms with E-state index < -0.39 is 17.8 Å². The number of anilines is 2. The summed E-state index contributed by atoms with van der Waals surface area (Å²) < 4.78 is 47.2. The third kappa shape index (κ3) is 4.21. The number of aromatic nitrogens is 5. The van der Waals surface area contributed by atoms with Crippen molar-refractivity contribution in [3.05, 3.63) is 47.4 Å². The normalized spacial score (nSPS) is 19.6. The van der Waals surface area contributed by atoms with E-state index in [1.165, 1.54) is 12.0 Å². The minimum Gasteiger partial charge on any atom is -0.453 e. The highest BCUT2D eigenvalue weighted by Gasteiger charge is 2.65. The molecule has 1 saturated heterocycles. The lowest BCUT2D eigenvalue weighted by Crippen LogP contribution is -2.35. The number of carbonyl (C=O) groups is 2. The van der Waals surface area contributed by atoms with E-state index in [0.29, 0.717) is 22.6 Å². The van der Waals surface area contributed by atoms with Crippen LogP contribution in [0.4, 0.5) is 29.6 Å². The van der Waals surface area contributed by atoms with Crippen LogP contribution in [0, 0.1) is 0 Å². The van der Waals surface area contributed by atoms with Crippen LogP contribution in [0.25, 0.3) is 11.5 Å². The SMILES string of the molecule is COC(=O)NCc1nc(N2CCC[C@H]2C)cc2c1CN(c1cccc(-c3nncn3C3(C(F)(F)F)CC3)n1)C2=O. The van der Waals surface area contributed by atoms with Crippen LogP contribution in [0.3, 0.4) is 0 Å². The number of amides is 2. The van der Waals surface area contributed by atoms with E-state index in [1.807, 2.05) is 0 Å². The van der Waals surface area contributed by atoms with Gasteiger partial charge in [-0.3, -0.25) is 14.3 Å². The number of rotatable bonds is 6. The zero-order valence-electron chi connectivity index (χ0n) is 21.9. The van der Waals surface area contributed by atoms with Crippen molar-refractivity contribution in [3.63, 3.8) is 0 Å². The summed E-state index contributed by atoms with van der Waals surface area (Å²) in [5.74, 6) is 0.575. The zero-order chi connectivity index (χ0) is 28.2. The van der Waals surface area contributed by atoms with Gasteiger partial charge in [0.2, 0.25) is 0 Å². The highest BCUT2D eigenvalue weighted by molar-refractivity contribution is 6.10. The third-order valence-electron chi connectivity index (χ3n) is 7.92. The van der Waals surface area contributed by atoms with E-state index in [4.69, 9.17) is 9.72 Å². The average Bonchev–Trinajstić information content (AvgIpc) is 3.25. The standard InChI is InChI=1S/C26H27F3N8O3/c1-15-5-4-10-35(15)21-11-16-17(19(33-21)12-30-24(39)40-2)13-36(23(16)38)20-7-3-6-18(32-20)22-34-31-14-37(22)25(8-9-25)26(27,28)29/h3,6-7,11,14-15H,4-5,8-10,12-13H2,1-2H3,(H,30,39)/t15-/m1/s1. The molecule has 2 aliphatic heterocycles. The second-order valence-electron chi connectivity index (χ2n) is 10.3. The van der Waals surface area contributed by atoms with Gasteiger partial charge >= 0.3 is 12.3 Å². The van der Waals surface area contributed by atoms with Gasteiger partial charge in [-0.05, 0) is 50.8 Å². The molecule has 2 amide bonds. The second kappa shape index (κ2) is 9.45. The number of ether oxygens (including phenoxy) is 1. The number of halogens is 3. The summed E-state index contributed by atoms with van der Waals surface area (Å²) in [6.45, 7) is 3.09. The number of hydrogen-bond acceptors (Lipinski definition) is 8. The van der Waals surface area contributed by atoms with E-state index in [1.54, 1.807) is 24.3 Å². The maximum absolute atomic E-state index is 13.8. The number of hydrogen-bond donors (Lipinski definition) is 1. The van der Waals surface area contributed by atoms with Crippen LogP contribution in [0.15, 0.2) is 30.6 Å². The Balaban J connectivity index is 1.35. The Kier molecular flexibility index (Phi) is 6.15. The fraction of sp³-hybridized carbons (Fsp3) is 0.462. The van der Waals surface area contributed by atoms with E-state index in [2.05, 4.69) is 32.3 Å². The van der Waals surface area contributed by atoms with Crippen LogP contribution in [0.2, 0.25) is 0 Å². The Labute approximate surface area is 227 Å². The number of alkyl carbamates (subject to hydrolysis) is 1. The summed E-state index contributed by atoms with van der Waals surface area (Å²) in [4.78, 5) is 38.4. The topological polar surface area (TPSA) is 118 Å². The molecule has 5 heterocycles. The fourth-order valence-corrected chi connectivity index (χ4v) is 5.53. The first kappa shape index (κ1) is 26.0. The number of pyridine rings is 2. The summed E-state index contributed by atoms with van der Waals surface area (Å²) in [6.07, 6.45) is -2.11. The molecule has 0 aromatic carbocycles. The first-order valence-corrected chi connectivity index (χ1v) is 13.0. The van der Waals surface area contributed by atoms with Gasteiger partial charge in [0.15, 0.2) is 5.82 Å². The van der Waals surface area contributed by atoms with Gasteiger partial charge in [-0.25, -0.2) is 14.8 Å². The summed E-state index contributed by atoms with van der Waals surface area (Å²) in [5.41, 5.74) is -0.257. The molecular formula is C26H27F3N8O3. The first-order chi connectivity index (χ1) is 19.1. The predicted molar refractivity (Wildman–Crippen MR) is 137 cm³/mol. The van der Waals surface area contributed by atoms with E-state index in [9.17, 15) is 22.8 Å². The average molecular weight is 557 g/mol. The Morgan fingerprint density at radius 2 is 2.02 bits per heavy atom. The lowest BCUT2D eigenvalue weighted by molar-refractivity contribution is -0.179. The van der Waals surface area contributed by atoms with Crippen LogP contribution in [0.1, 0.15) is 54.2 Å². The Morgan fingerprint density at radius 1 is 1.23 bits per heavy atom. The van der Waals surface area contributed by atoms with Crippen molar-refractivity contribution in [2.45, 2.75) is 63.5 Å². The lowest BCUT2D eigenvalue weighted by Gasteiger charge is -2.24. The van der Waals surface area contributed by atoms with Gasteiger partial charge in [-0.15, -0.1) is 10.2 Å². The maximum Gasteiger partial charge on any atom is 0.412 e. The van der Waals surface area contributed by atoms with Gasteiger partial charge in [0.25, 0.3) is 5.91 Å². The van der Waals surface area contributed by atoms with Crippen LogP contribution in [0.5, 0.6) is 0 Å². The zero-order valence-corrected chi connectivity index (χ0v) is 21.9. The molecule has 0 radical (unpaired) electrons. The quantitative estimate of drug-likeness (QED) is 0.487.